The third kappa shape index (κ3) is 5.14. The summed E-state index contributed by atoms with van der Waals surface area (Å²) >= 11 is 7.64. The lowest BCUT2D eigenvalue weighted by molar-refractivity contribution is 0.0919. The number of benzene rings is 2. The Bertz CT molecular complexity index is 1680. The Labute approximate surface area is 235 Å². The van der Waals surface area contributed by atoms with Crippen LogP contribution in [0.1, 0.15) is 41.7 Å². The van der Waals surface area contributed by atoms with Crippen molar-refractivity contribution in [2.75, 3.05) is 0 Å². The summed E-state index contributed by atoms with van der Waals surface area (Å²) in [5, 5.41) is 6.53. The fourth-order valence-electron chi connectivity index (χ4n) is 5.50. The molecule has 1 N–H and O–H groups in total. The number of pyridine rings is 1. The summed E-state index contributed by atoms with van der Waals surface area (Å²) < 4.78 is 3.71. The van der Waals surface area contributed by atoms with Crippen LogP contribution in [0.5, 0.6) is 0 Å². The van der Waals surface area contributed by atoms with Crippen LogP contribution in [0.25, 0.3) is 27.3 Å². The van der Waals surface area contributed by atoms with E-state index < -0.39 is 0 Å². The smallest absolute Gasteiger partial charge is 0.333 e. The van der Waals surface area contributed by atoms with Crippen molar-refractivity contribution in [2.45, 2.75) is 45.2 Å². The molecule has 39 heavy (non-hydrogen) atoms. The van der Waals surface area contributed by atoms with Crippen molar-refractivity contribution < 1.29 is 4.79 Å². The maximum Gasteiger partial charge on any atom is 0.333 e. The van der Waals surface area contributed by atoms with Crippen molar-refractivity contribution in [3.05, 3.63) is 99.1 Å². The molecule has 9 heteroatoms. The van der Waals surface area contributed by atoms with E-state index in [1.807, 2.05) is 65.4 Å². The molecule has 0 atom stereocenters. The Morgan fingerprint density at radius 1 is 1.05 bits per heavy atom. The van der Waals surface area contributed by atoms with Crippen molar-refractivity contribution in [3.8, 4) is 16.3 Å². The van der Waals surface area contributed by atoms with E-state index >= 15 is 0 Å². The number of thiazole rings is 1. The highest BCUT2D eigenvalue weighted by Crippen LogP contribution is 2.28. The summed E-state index contributed by atoms with van der Waals surface area (Å²) in [6.45, 7) is 2.47. The van der Waals surface area contributed by atoms with Crippen molar-refractivity contribution in [1.82, 2.24) is 24.4 Å². The third-order valence-electron chi connectivity index (χ3n) is 7.56. The summed E-state index contributed by atoms with van der Waals surface area (Å²) in [6, 6.07) is 17.7. The lowest BCUT2D eigenvalue weighted by Gasteiger charge is -2.29. The van der Waals surface area contributed by atoms with Crippen LogP contribution in [-0.2, 0) is 6.54 Å². The molecule has 3 aromatic heterocycles. The fraction of sp³-hybridized carbons (Fsp3) is 0.267. The van der Waals surface area contributed by atoms with Gasteiger partial charge in [-0.15, -0.1) is 11.3 Å². The van der Waals surface area contributed by atoms with Gasteiger partial charge in [-0.3, -0.25) is 18.9 Å². The summed E-state index contributed by atoms with van der Waals surface area (Å²) in [6.07, 6.45) is 6.96. The van der Waals surface area contributed by atoms with E-state index in [2.05, 4.69) is 15.3 Å². The SMILES string of the molecule is Cc1ncc(Cl)cc1C(=O)NC1CCC(Cn2c(=O)n(-c3ccc(-c4nccs4)cc3)c3ccccc32)CC1. The molecule has 7 nitrogen and oxygen atoms in total. The van der Waals surface area contributed by atoms with E-state index in [-0.39, 0.29) is 17.6 Å². The minimum Gasteiger partial charge on any atom is -0.349 e. The Morgan fingerprint density at radius 2 is 1.79 bits per heavy atom. The van der Waals surface area contributed by atoms with E-state index in [1.54, 1.807) is 34.4 Å². The average Bonchev–Trinajstić information content (AvgIpc) is 3.58. The van der Waals surface area contributed by atoms with Crippen molar-refractivity contribution in [3.63, 3.8) is 0 Å². The summed E-state index contributed by atoms with van der Waals surface area (Å²) in [4.78, 5) is 35.1. The van der Waals surface area contributed by atoms with Gasteiger partial charge in [0, 0.05) is 35.9 Å². The molecule has 0 saturated heterocycles. The maximum absolute atomic E-state index is 13.7. The van der Waals surface area contributed by atoms with E-state index in [0.717, 1.165) is 53.0 Å². The molecular formula is C30H28ClN5O2S. The number of aromatic nitrogens is 4. The van der Waals surface area contributed by atoms with Gasteiger partial charge in [-0.05, 0) is 81.0 Å². The normalized spacial score (nSPS) is 17.4. The first-order chi connectivity index (χ1) is 19.0. The Balaban J connectivity index is 1.18. The highest BCUT2D eigenvalue weighted by molar-refractivity contribution is 7.13. The Morgan fingerprint density at radius 3 is 2.51 bits per heavy atom. The minimum absolute atomic E-state index is 0.0300. The predicted molar refractivity (Wildman–Crippen MR) is 156 cm³/mol. The van der Waals surface area contributed by atoms with Crippen LogP contribution in [0.2, 0.25) is 5.02 Å². The second-order valence-electron chi connectivity index (χ2n) is 10.1. The highest BCUT2D eigenvalue weighted by Gasteiger charge is 2.25. The van der Waals surface area contributed by atoms with Crippen molar-refractivity contribution in [1.29, 1.82) is 0 Å². The zero-order valence-corrected chi connectivity index (χ0v) is 23.1. The van der Waals surface area contributed by atoms with Gasteiger partial charge in [0.25, 0.3) is 5.91 Å². The number of aryl methyl sites for hydroxylation is 1. The lowest BCUT2D eigenvalue weighted by Crippen LogP contribution is -2.39. The molecule has 3 heterocycles. The monoisotopic (exact) mass is 557 g/mol. The molecule has 1 amide bonds. The van der Waals surface area contributed by atoms with Gasteiger partial charge in [0.05, 0.1) is 33.0 Å². The molecular weight excluding hydrogens is 530 g/mol. The van der Waals surface area contributed by atoms with Crippen LogP contribution in [0.15, 0.2) is 77.2 Å². The van der Waals surface area contributed by atoms with Crippen LogP contribution in [0.3, 0.4) is 0 Å². The van der Waals surface area contributed by atoms with Gasteiger partial charge in [0.2, 0.25) is 0 Å². The van der Waals surface area contributed by atoms with Gasteiger partial charge in [0.15, 0.2) is 0 Å². The largest absolute Gasteiger partial charge is 0.349 e. The molecule has 1 aliphatic carbocycles. The lowest BCUT2D eigenvalue weighted by atomic mass is 9.85. The molecule has 0 spiro atoms. The summed E-state index contributed by atoms with van der Waals surface area (Å²) in [5.41, 5.74) is 4.87. The van der Waals surface area contributed by atoms with Crippen LogP contribution in [0.4, 0.5) is 0 Å². The van der Waals surface area contributed by atoms with Gasteiger partial charge in [0.1, 0.15) is 5.01 Å². The fourth-order valence-corrected chi connectivity index (χ4v) is 6.30. The first-order valence-electron chi connectivity index (χ1n) is 13.1. The zero-order valence-electron chi connectivity index (χ0n) is 21.5. The number of carbonyl (C=O) groups is 1. The Hall–Kier alpha value is -3.75. The van der Waals surface area contributed by atoms with E-state index in [0.29, 0.717) is 28.7 Å². The van der Waals surface area contributed by atoms with Crippen molar-refractivity contribution in [2.24, 2.45) is 5.92 Å². The van der Waals surface area contributed by atoms with Crippen LogP contribution >= 0.6 is 22.9 Å². The van der Waals surface area contributed by atoms with Gasteiger partial charge in [-0.25, -0.2) is 9.78 Å². The number of amides is 1. The van der Waals surface area contributed by atoms with E-state index in [4.69, 9.17) is 11.6 Å². The molecule has 1 aliphatic rings. The number of halogens is 1. The van der Waals surface area contributed by atoms with Gasteiger partial charge in [-0.1, -0.05) is 23.7 Å². The molecule has 198 valence electrons. The number of hydrogen-bond acceptors (Lipinski definition) is 5. The molecule has 5 aromatic rings. The van der Waals surface area contributed by atoms with E-state index in [9.17, 15) is 9.59 Å². The highest BCUT2D eigenvalue weighted by atomic mass is 35.5. The third-order valence-corrected chi connectivity index (χ3v) is 8.59. The Kier molecular flexibility index (Phi) is 7.06. The number of nitrogens with zero attached hydrogens (tertiary/aromatic N) is 4. The number of rotatable bonds is 6. The standard InChI is InChI=1S/C30H28ClN5O2S/c1-19-25(16-22(31)17-33-19)28(37)34-23-10-6-20(7-11-23)18-35-26-4-2-3-5-27(26)36(30(35)38)24-12-8-21(9-13-24)29-32-14-15-39-29/h2-5,8-9,12-17,20,23H,6-7,10-11,18H2,1H3,(H,34,37). The number of nitrogens with one attached hydrogen (secondary N) is 1. The summed E-state index contributed by atoms with van der Waals surface area (Å²) in [7, 11) is 0. The second-order valence-corrected chi connectivity index (χ2v) is 11.4. The molecule has 1 fully saturated rings. The second kappa shape index (κ2) is 10.8. The van der Waals surface area contributed by atoms with Crippen molar-refractivity contribution >= 4 is 39.9 Å². The first kappa shape index (κ1) is 25.5. The molecule has 0 radical (unpaired) electrons. The number of fused-ring (bicyclic) bond motifs is 1. The molecule has 6 rings (SSSR count). The van der Waals surface area contributed by atoms with Crippen LogP contribution in [-0.4, -0.2) is 31.1 Å². The molecule has 0 unspecified atom stereocenters. The van der Waals surface area contributed by atoms with Crippen LogP contribution in [0, 0.1) is 12.8 Å². The number of carbonyl (C=O) groups excluding carboxylic acids is 1. The van der Waals surface area contributed by atoms with Gasteiger partial charge >= 0.3 is 5.69 Å². The van der Waals surface area contributed by atoms with E-state index in [1.165, 1.54) is 0 Å². The van der Waals surface area contributed by atoms with Crippen LogP contribution < -0.4 is 11.0 Å². The van der Waals surface area contributed by atoms with Gasteiger partial charge in [-0.2, -0.15) is 0 Å². The minimum atomic E-state index is -0.133. The topological polar surface area (TPSA) is 81.8 Å². The quantitative estimate of drug-likeness (QED) is 0.267. The van der Waals surface area contributed by atoms with Gasteiger partial charge < -0.3 is 5.32 Å². The molecule has 1 saturated carbocycles. The predicted octanol–water partition coefficient (Wildman–Crippen LogP) is 6.26. The molecule has 0 bridgehead atoms. The first-order valence-corrected chi connectivity index (χ1v) is 14.4. The molecule has 2 aromatic carbocycles. The number of hydrogen-bond donors (Lipinski definition) is 1. The average molecular weight is 558 g/mol. The maximum atomic E-state index is 13.7. The molecule has 0 aliphatic heterocycles. The number of para-hydroxylation sites is 2. The summed E-state index contributed by atoms with van der Waals surface area (Å²) in [5.74, 6) is 0.225. The zero-order chi connectivity index (χ0) is 26.9. The number of imidazole rings is 1.